The number of aryl methyl sites for hydroxylation is 2. The fourth-order valence-corrected chi connectivity index (χ4v) is 5.14. The van der Waals surface area contributed by atoms with Gasteiger partial charge in [-0.05, 0) is 49.9 Å². The van der Waals surface area contributed by atoms with Gasteiger partial charge in [0.15, 0.2) is 5.82 Å². The molecule has 4 aromatic rings. The second kappa shape index (κ2) is 8.66. The minimum atomic E-state index is 0.0187. The van der Waals surface area contributed by atoms with Gasteiger partial charge < -0.3 is 10.2 Å². The smallest absolute Gasteiger partial charge is 0.223 e. The number of hydrogen-bond acceptors (Lipinski definition) is 7. The molecule has 9 heteroatoms. The Labute approximate surface area is 190 Å². The molecule has 0 aliphatic carbocycles. The Hall–Kier alpha value is -3.33. The first-order valence-corrected chi connectivity index (χ1v) is 11.6. The molecule has 1 fully saturated rings. The average Bonchev–Trinajstić information content (AvgIpc) is 3.46. The number of aromatic nitrogens is 5. The Kier molecular flexibility index (Phi) is 5.57. The maximum absolute atomic E-state index is 12.8. The summed E-state index contributed by atoms with van der Waals surface area (Å²) in [5.74, 6) is 1.88. The lowest BCUT2D eigenvalue weighted by Gasteiger charge is -2.32. The highest BCUT2D eigenvalue weighted by molar-refractivity contribution is 7.18. The minimum Gasteiger partial charge on any atom is -0.356 e. The molecule has 1 aliphatic rings. The number of carbonyl (C=O) groups is 1. The third kappa shape index (κ3) is 3.95. The fourth-order valence-electron chi connectivity index (χ4n) is 4.15. The number of amides is 1. The number of pyridine rings is 1. The third-order valence-corrected chi connectivity index (χ3v) is 7.24. The van der Waals surface area contributed by atoms with Crippen molar-refractivity contribution in [2.45, 2.75) is 33.2 Å². The van der Waals surface area contributed by atoms with E-state index in [9.17, 15) is 4.79 Å². The number of anilines is 1. The van der Waals surface area contributed by atoms with Gasteiger partial charge in [-0.3, -0.25) is 4.79 Å². The van der Waals surface area contributed by atoms with Gasteiger partial charge in [-0.25, -0.2) is 19.6 Å². The van der Waals surface area contributed by atoms with Crippen molar-refractivity contribution in [3.63, 3.8) is 0 Å². The van der Waals surface area contributed by atoms with E-state index in [0.717, 1.165) is 53.3 Å². The molecule has 0 saturated carbocycles. The highest BCUT2D eigenvalue weighted by Crippen LogP contribution is 2.35. The van der Waals surface area contributed by atoms with Crippen LogP contribution >= 0.6 is 11.3 Å². The van der Waals surface area contributed by atoms with Gasteiger partial charge in [-0.2, -0.15) is 5.10 Å². The van der Waals surface area contributed by atoms with E-state index in [4.69, 9.17) is 0 Å². The van der Waals surface area contributed by atoms with Gasteiger partial charge in [0.1, 0.15) is 17.0 Å². The van der Waals surface area contributed by atoms with Crippen LogP contribution in [0.25, 0.3) is 16.0 Å². The molecule has 32 heavy (non-hydrogen) atoms. The van der Waals surface area contributed by atoms with E-state index in [2.05, 4.69) is 44.1 Å². The Morgan fingerprint density at radius 2 is 2.03 bits per heavy atom. The number of rotatable bonds is 5. The van der Waals surface area contributed by atoms with Crippen LogP contribution in [0.2, 0.25) is 0 Å². The zero-order chi connectivity index (χ0) is 22.1. The predicted molar refractivity (Wildman–Crippen MR) is 125 cm³/mol. The number of hydrogen-bond donors (Lipinski definition) is 1. The van der Waals surface area contributed by atoms with Gasteiger partial charge in [0.05, 0.1) is 5.39 Å². The number of carbonyl (C=O) groups excluding carboxylic acids is 1. The Morgan fingerprint density at radius 3 is 2.75 bits per heavy atom. The van der Waals surface area contributed by atoms with E-state index in [-0.39, 0.29) is 11.8 Å². The van der Waals surface area contributed by atoms with Crippen LogP contribution in [0, 0.1) is 19.8 Å². The number of nitrogens with zero attached hydrogens (tertiary/aromatic N) is 6. The maximum Gasteiger partial charge on any atom is 0.223 e. The SMILES string of the molecule is Cc1sc2ncnc(N3CCC(C(=O)NCc4ccc(-n5cccn5)nc4)CC3)c2c1C. The van der Waals surface area contributed by atoms with E-state index in [0.29, 0.717) is 6.54 Å². The Balaban J connectivity index is 1.17. The van der Waals surface area contributed by atoms with Crippen LogP contribution in [0.4, 0.5) is 5.82 Å². The van der Waals surface area contributed by atoms with Crippen molar-refractivity contribution in [1.82, 2.24) is 30.0 Å². The molecular weight excluding hydrogens is 422 g/mol. The van der Waals surface area contributed by atoms with Crippen LogP contribution in [-0.2, 0) is 11.3 Å². The van der Waals surface area contributed by atoms with E-state index < -0.39 is 0 Å². The molecule has 4 aromatic heterocycles. The van der Waals surface area contributed by atoms with Crippen molar-refractivity contribution < 1.29 is 4.79 Å². The standard InChI is InChI=1S/C23H25N7OS/c1-15-16(2)32-23-20(15)21(26-14-27-23)29-10-6-18(7-11-29)22(31)25-13-17-4-5-19(24-12-17)30-9-3-8-28-30/h3-5,8-9,12,14,18H,6-7,10-11,13H2,1-2H3,(H,25,31). The number of piperidine rings is 1. The molecule has 5 rings (SSSR count). The highest BCUT2D eigenvalue weighted by Gasteiger charge is 2.27. The molecule has 8 nitrogen and oxygen atoms in total. The van der Waals surface area contributed by atoms with Crippen LogP contribution < -0.4 is 10.2 Å². The molecule has 164 valence electrons. The Bertz CT molecular complexity index is 1230. The Morgan fingerprint density at radius 1 is 1.19 bits per heavy atom. The van der Waals surface area contributed by atoms with Crippen LogP contribution in [0.1, 0.15) is 28.8 Å². The van der Waals surface area contributed by atoms with Crippen molar-refractivity contribution in [1.29, 1.82) is 0 Å². The first-order chi connectivity index (χ1) is 15.6. The molecule has 1 N–H and O–H groups in total. The van der Waals surface area contributed by atoms with Crippen molar-refractivity contribution >= 4 is 33.3 Å². The highest BCUT2D eigenvalue weighted by atomic mass is 32.1. The molecular formula is C23H25N7OS. The summed E-state index contributed by atoms with van der Waals surface area (Å²) in [6.45, 7) is 6.38. The first-order valence-electron chi connectivity index (χ1n) is 10.8. The van der Waals surface area contributed by atoms with Gasteiger partial charge in [-0.15, -0.1) is 11.3 Å². The lowest BCUT2D eigenvalue weighted by molar-refractivity contribution is -0.125. The summed E-state index contributed by atoms with van der Waals surface area (Å²) in [5.41, 5.74) is 2.23. The van der Waals surface area contributed by atoms with E-state index in [1.165, 1.54) is 10.4 Å². The molecule has 0 spiro atoms. The van der Waals surface area contributed by atoms with Gasteiger partial charge in [0.2, 0.25) is 5.91 Å². The van der Waals surface area contributed by atoms with Gasteiger partial charge >= 0.3 is 0 Å². The molecule has 1 amide bonds. The largest absolute Gasteiger partial charge is 0.356 e. The van der Waals surface area contributed by atoms with E-state index >= 15 is 0 Å². The molecule has 0 unspecified atom stereocenters. The van der Waals surface area contributed by atoms with Gasteiger partial charge in [-0.1, -0.05) is 6.07 Å². The normalized spacial score (nSPS) is 14.8. The van der Waals surface area contributed by atoms with Crippen LogP contribution in [-0.4, -0.2) is 43.7 Å². The van der Waals surface area contributed by atoms with Gasteiger partial charge in [0.25, 0.3) is 0 Å². The quantitative estimate of drug-likeness (QED) is 0.504. The molecule has 1 aliphatic heterocycles. The van der Waals surface area contributed by atoms with Crippen molar-refractivity contribution in [2.24, 2.45) is 5.92 Å². The number of nitrogens with one attached hydrogen (secondary N) is 1. The summed E-state index contributed by atoms with van der Waals surface area (Å²) in [6, 6.07) is 5.74. The topological polar surface area (TPSA) is 88.8 Å². The predicted octanol–water partition coefficient (Wildman–Crippen LogP) is 3.42. The molecule has 5 heterocycles. The fraction of sp³-hybridized carbons (Fsp3) is 0.348. The molecule has 0 atom stereocenters. The summed E-state index contributed by atoms with van der Waals surface area (Å²) < 4.78 is 1.71. The molecule has 0 aromatic carbocycles. The van der Waals surface area contributed by atoms with Crippen LogP contribution in [0.3, 0.4) is 0 Å². The summed E-state index contributed by atoms with van der Waals surface area (Å²) in [4.78, 5) is 30.8. The van der Waals surface area contributed by atoms with Crippen molar-refractivity contribution in [3.05, 3.63) is 59.1 Å². The van der Waals surface area contributed by atoms with Crippen LogP contribution in [0.15, 0.2) is 43.1 Å². The average molecular weight is 448 g/mol. The lowest BCUT2D eigenvalue weighted by Crippen LogP contribution is -2.40. The second-order valence-electron chi connectivity index (χ2n) is 8.12. The van der Waals surface area contributed by atoms with Crippen molar-refractivity contribution in [3.8, 4) is 5.82 Å². The number of fused-ring (bicyclic) bond motifs is 1. The summed E-state index contributed by atoms with van der Waals surface area (Å²) in [6.07, 6.45) is 8.63. The van der Waals surface area contributed by atoms with Crippen LogP contribution in [0.5, 0.6) is 0 Å². The summed E-state index contributed by atoms with van der Waals surface area (Å²) in [7, 11) is 0. The van der Waals surface area contributed by atoms with E-state index in [1.54, 1.807) is 34.7 Å². The maximum atomic E-state index is 12.8. The molecule has 1 saturated heterocycles. The monoisotopic (exact) mass is 447 g/mol. The van der Waals surface area contributed by atoms with Crippen molar-refractivity contribution in [2.75, 3.05) is 18.0 Å². The minimum absolute atomic E-state index is 0.0187. The molecule has 0 radical (unpaired) electrons. The summed E-state index contributed by atoms with van der Waals surface area (Å²) in [5, 5.41) is 8.41. The molecule has 0 bridgehead atoms. The second-order valence-corrected chi connectivity index (χ2v) is 9.32. The van der Waals surface area contributed by atoms with Gasteiger partial charge in [0, 0.05) is 49.0 Å². The van der Waals surface area contributed by atoms with E-state index in [1.807, 2.05) is 24.4 Å². The number of thiophene rings is 1. The zero-order valence-electron chi connectivity index (χ0n) is 18.2. The zero-order valence-corrected chi connectivity index (χ0v) is 19.0. The first kappa shape index (κ1) is 20.6. The summed E-state index contributed by atoms with van der Waals surface area (Å²) >= 11 is 1.72. The third-order valence-electron chi connectivity index (χ3n) is 6.13. The lowest BCUT2D eigenvalue weighted by atomic mass is 9.95.